The number of aliphatic imine (C=N–C) groups is 1. The predicted octanol–water partition coefficient (Wildman–Crippen LogP) is 5.24. The fourth-order valence-corrected chi connectivity index (χ4v) is 5.26. The number of carbonyl (C=O) groups is 2. The summed E-state index contributed by atoms with van der Waals surface area (Å²) in [5.41, 5.74) is 5.63. The normalized spacial score (nSPS) is 18.1. The van der Waals surface area contributed by atoms with E-state index in [9.17, 15) is 14.0 Å². The van der Waals surface area contributed by atoms with Crippen molar-refractivity contribution in [3.8, 4) is 11.5 Å². The summed E-state index contributed by atoms with van der Waals surface area (Å²) in [4.78, 5) is 34.1. The number of thiazole rings is 1. The molecule has 4 aromatic rings. The topological polar surface area (TPSA) is 117 Å². The number of amides is 2. The van der Waals surface area contributed by atoms with Crippen molar-refractivity contribution in [2.45, 2.75) is 24.9 Å². The van der Waals surface area contributed by atoms with Crippen molar-refractivity contribution in [3.63, 3.8) is 0 Å². The van der Waals surface area contributed by atoms with E-state index in [4.69, 9.17) is 16.3 Å². The van der Waals surface area contributed by atoms with Crippen LogP contribution in [0.4, 0.5) is 15.2 Å². The van der Waals surface area contributed by atoms with E-state index in [-0.39, 0.29) is 23.9 Å². The molecule has 1 unspecified atom stereocenters. The zero-order valence-electron chi connectivity index (χ0n) is 20.3. The highest BCUT2D eigenvalue weighted by molar-refractivity contribution is 7.22. The maximum Gasteiger partial charge on any atom is 0.269 e. The van der Waals surface area contributed by atoms with E-state index in [1.165, 1.54) is 35.9 Å². The second-order valence-electron chi connectivity index (χ2n) is 9.30. The number of benzene rings is 3. The second-order valence-corrected chi connectivity index (χ2v) is 10.8. The lowest BCUT2D eigenvalue weighted by atomic mass is 9.99. The summed E-state index contributed by atoms with van der Waals surface area (Å²) in [6.45, 7) is 0. The van der Waals surface area contributed by atoms with Crippen LogP contribution in [0.25, 0.3) is 10.2 Å². The molecule has 0 saturated heterocycles. The smallest absolute Gasteiger partial charge is 0.269 e. The van der Waals surface area contributed by atoms with Gasteiger partial charge < -0.3 is 20.8 Å². The number of ether oxygens (including phenoxy) is 1. The SMILES string of the molecule is O=C(Nc1nc2ccc(Oc3ccc(F)c(NC(=O)C4(Cc5cccc(Cl)c5)N=CNN4)c3)cc2s1)C1CC1. The average Bonchev–Trinajstić information content (AvgIpc) is 3.53. The first kappa shape index (κ1) is 25.2. The van der Waals surface area contributed by atoms with Crippen molar-refractivity contribution in [1.29, 1.82) is 0 Å². The minimum atomic E-state index is -1.40. The van der Waals surface area contributed by atoms with Gasteiger partial charge in [0.1, 0.15) is 17.3 Å². The van der Waals surface area contributed by atoms with E-state index in [1.807, 2.05) is 6.07 Å². The first-order valence-electron chi connectivity index (χ1n) is 12.2. The van der Waals surface area contributed by atoms with E-state index in [0.717, 1.165) is 28.6 Å². The summed E-state index contributed by atoms with van der Waals surface area (Å²) >= 11 is 7.45. The summed E-state index contributed by atoms with van der Waals surface area (Å²) in [6, 6.07) is 16.5. The Bertz CT molecular complexity index is 1620. The van der Waals surface area contributed by atoms with Gasteiger partial charge in [-0.2, -0.15) is 0 Å². The summed E-state index contributed by atoms with van der Waals surface area (Å²) in [6.07, 6.45) is 3.38. The van der Waals surface area contributed by atoms with Crippen molar-refractivity contribution in [2.75, 3.05) is 10.6 Å². The lowest BCUT2D eigenvalue weighted by molar-refractivity contribution is -0.122. The Balaban J connectivity index is 1.18. The number of carbonyl (C=O) groups excluding carboxylic acids is 2. The fourth-order valence-electron chi connectivity index (χ4n) is 4.15. The van der Waals surface area contributed by atoms with E-state index < -0.39 is 17.4 Å². The molecule has 0 bridgehead atoms. The third-order valence-corrected chi connectivity index (χ3v) is 7.48. The van der Waals surface area contributed by atoms with Gasteiger partial charge in [0.2, 0.25) is 11.6 Å². The van der Waals surface area contributed by atoms with Gasteiger partial charge >= 0.3 is 0 Å². The van der Waals surface area contributed by atoms with Gasteiger partial charge in [-0.25, -0.2) is 19.8 Å². The molecule has 1 atom stereocenters. The first-order chi connectivity index (χ1) is 18.9. The van der Waals surface area contributed by atoms with Crippen LogP contribution >= 0.6 is 22.9 Å². The fraction of sp³-hybridized carbons (Fsp3) is 0.185. The van der Waals surface area contributed by atoms with Gasteiger partial charge in [-0.3, -0.25) is 9.59 Å². The number of hydrogen-bond donors (Lipinski definition) is 4. The lowest BCUT2D eigenvalue weighted by Gasteiger charge is -2.25. The maximum absolute atomic E-state index is 14.7. The molecule has 0 spiro atoms. The Hall–Kier alpha value is -4.06. The molecule has 4 N–H and O–H groups in total. The molecule has 1 saturated carbocycles. The lowest BCUT2D eigenvalue weighted by Crippen LogP contribution is -2.55. The molecule has 12 heteroatoms. The summed E-state index contributed by atoms with van der Waals surface area (Å²) < 4.78 is 21.5. The molecule has 2 aliphatic rings. The molecule has 2 heterocycles. The minimum absolute atomic E-state index is 0.00459. The van der Waals surface area contributed by atoms with Gasteiger partial charge in [-0.1, -0.05) is 35.1 Å². The van der Waals surface area contributed by atoms with Gasteiger partial charge in [0.15, 0.2) is 5.13 Å². The summed E-state index contributed by atoms with van der Waals surface area (Å²) in [5, 5.41) is 6.56. The highest BCUT2D eigenvalue weighted by Gasteiger charge is 2.40. The van der Waals surface area contributed by atoms with Gasteiger partial charge in [-0.15, -0.1) is 0 Å². The van der Waals surface area contributed by atoms with Crippen molar-refractivity contribution in [1.82, 2.24) is 15.8 Å². The number of aromatic nitrogens is 1. The van der Waals surface area contributed by atoms with Gasteiger partial charge in [0.05, 0.1) is 22.2 Å². The Kier molecular flexibility index (Phi) is 6.63. The molecule has 9 nitrogen and oxygen atoms in total. The molecule has 3 aromatic carbocycles. The Morgan fingerprint density at radius 2 is 1.92 bits per heavy atom. The molecular weight excluding hydrogens is 543 g/mol. The highest BCUT2D eigenvalue weighted by atomic mass is 35.5. The Labute approximate surface area is 231 Å². The van der Waals surface area contributed by atoms with Crippen molar-refractivity contribution >= 4 is 62.1 Å². The summed E-state index contributed by atoms with van der Waals surface area (Å²) in [7, 11) is 0. The highest BCUT2D eigenvalue weighted by Crippen LogP contribution is 2.35. The average molecular weight is 565 g/mol. The van der Waals surface area contributed by atoms with Crippen LogP contribution < -0.4 is 26.2 Å². The van der Waals surface area contributed by atoms with Crippen LogP contribution in [0.2, 0.25) is 5.02 Å². The number of fused-ring (bicyclic) bond motifs is 1. The second kappa shape index (κ2) is 10.3. The predicted molar refractivity (Wildman–Crippen MR) is 149 cm³/mol. The molecule has 1 aliphatic heterocycles. The van der Waals surface area contributed by atoms with Crippen molar-refractivity contribution < 1.29 is 18.7 Å². The number of nitrogens with zero attached hydrogens (tertiary/aromatic N) is 2. The largest absolute Gasteiger partial charge is 0.457 e. The van der Waals surface area contributed by atoms with Crippen LogP contribution in [0, 0.1) is 11.7 Å². The number of hydrazine groups is 1. The van der Waals surface area contributed by atoms with Crippen LogP contribution in [-0.4, -0.2) is 28.8 Å². The van der Waals surface area contributed by atoms with Crippen LogP contribution in [0.5, 0.6) is 11.5 Å². The number of hydrogen-bond acceptors (Lipinski definition) is 8. The molecule has 0 radical (unpaired) electrons. The van der Waals surface area contributed by atoms with Crippen LogP contribution in [0.15, 0.2) is 65.7 Å². The number of rotatable bonds is 8. The molecular formula is C27H22ClFN6O3S. The van der Waals surface area contributed by atoms with Gasteiger partial charge in [0, 0.05) is 29.5 Å². The Morgan fingerprint density at radius 1 is 1.10 bits per heavy atom. The van der Waals surface area contributed by atoms with Crippen LogP contribution in [0.3, 0.4) is 0 Å². The number of anilines is 2. The number of nitrogens with one attached hydrogen (secondary N) is 4. The number of halogens is 2. The molecule has 39 heavy (non-hydrogen) atoms. The van der Waals surface area contributed by atoms with E-state index in [0.29, 0.717) is 21.7 Å². The quantitative estimate of drug-likeness (QED) is 0.232. The van der Waals surface area contributed by atoms with Crippen LogP contribution in [0.1, 0.15) is 18.4 Å². The molecule has 1 aliphatic carbocycles. The molecule has 2 amide bonds. The standard InChI is InChI=1S/C27H22ClFN6O3S/c28-17-3-1-2-15(10-17)13-27(30-14-31-35-27)25(37)32-22-11-18(6-8-20(22)29)38-19-7-9-21-23(12-19)39-26(33-21)34-24(36)16-4-5-16/h1-3,6-12,14,16,35H,4-5,13H2,(H,30,31)(H,32,37)(H,33,34,36). The van der Waals surface area contributed by atoms with E-state index in [2.05, 4.69) is 31.5 Å². The van der Waals surface area contributed by atoms with Crippen LogP contribution in [-0.2, 0) is 16.0 Å². The minimum Gasteiger partial charge on any atom is -0.457 e. The zero-order valence-corrected chi connectivity index (χ0v) is 21.9. The third-order valence-electron chi connectivity index (χ3n) is 6.31. The zero-order chi connectivity index (χ0) is 27.0. The molecule has 1 fully saturated rings. The van der Waals surface area contributed by atoms with E-state index in [1.54, 1.807) is 36.4 Å². The molecule has 6 rings (SSSR count). The Morgan fingerprint density at radius 3 is 2.69 bits per heavy atom. The molecule has 198 valence electrons. The maximum atomic E-state index is 14.7. The van der Waals surface area contributed by atoms with Gasteiger partial charge in [0.25, 0.3) is 5.91 Å². The third kappa shape index (κ3) is 5.56. The van der Waals surface area contributed by atoms with Gasteiger partial charge in [-0.05, 0) is 54.8 Å². The molecule has 1 aromatic heterocycles. The summed E-state index contributed by atoms with van der Waals surface area (Å²) in [5.74, 6) is -0.288. The van der Waals surface area contributed by atoms with Crippen molar-refractivity contribution in [2.24, 2.45) is 10.9 Å². The first-order valence-corrected chi connectivity index (χ1v) is 13.4. The monoisotopic (exact) mass is 564 g/mol. The van der Waals surface area contributed by atoms with E-state index >= 15 is 0 Å². The van der Waals surface area contributed by atoms with Crippen molar-refractivity contribution in [3.05, 3.63) is 77.1 Å².